The first-order valence-electron chi connectivity index (χ1n) is 12.1. The lowest BCUT2D eigenvalue weighted by Gasteiger charge is -2.44. The first-order valence-corrected chi connectivity index (χ1v) is 13.2. The van der Waals surface area contributed by atoms with Gasteiger partial charge in [-0.2, -0.15) is 0 Å². The summed E-state index contributed by atoms with van der Waals surface area (Å²) in [7, 11) is 0. The van der Waals surface area contributed by atoms with Crippen molar-refractivity contribution in [3.63, 3.8) is 0 Å². The molecule has 1 N–H and O–H groups in total. The number of nitrogens with zero attached hydrogens (tertiary/aromatic N) is 1. The van der Waals surface area contributed by atoms with Crippen LogP contribution in [0.25, 0.3) is 11.3 Å². The maximum Gasteiger partial charge on any atom is 0.147 e. The Kier molecular flexibility index (Phi) is 6.25. The largest absolute Gasteiger partial charge is 0.489 e. The van der Waals surface area contributed by atoms with E-state index in [0.29, 0.717) is 56.8 Å². The third-order valence-corrected chi connectivity index (χ3v) is 8.17. The number of aliphatic hydroxyl groups is 1. The maximum absolute atomic E-state index is 11.2. The Balaban J connectivity index is 1.21. The molecule has 2 aliphatic rings. The second kappa shape index (κ2) is 9.42. The van der Waals surface area contributed by atoms with Crippen LogP contribution in [0.4, 0.5) is 0 Å². The molecule has 6 rings (SSSR count). The van der Waals surface area contributed by atoms with Gasteiger partial charge in [0.05, 0.1) is 26.2 Å². The molecule has 0 radical (unpaired) electrons. The number of benzene rings is 3. The van der Waals surface area contributed by atoms with Crippen molar-refractivity contribution in [2.45, 2.75) is 49.7 Å². The van der Waals surface area contributed by atoms with Crippen molar-refractivity contribution in [2.24, 2.45) is 0 Å². The lowest BCUT2D eigenvalue weighted by atomic mass is 9.65. The molecule has 7 heteroatoms. The van der Waals surface area contributed by atoms with Crippen LogP contribution in [0.1, 0.15) is 60.0 Å². The highest BCUT2D eigenvalue weighted by molar-refractivity contribution is 6.39. The number of hydrogen-bond donors (Lipinski definition) is 1. The van der Waals surface area contributed by atoms with E-state index in [1.165, 1.54) is 5.56 Å². The summed E-state index contributed by atoms with van der Waals surface area (Å²) in [4.78, 5) is 0. The van der Waals surface area contributed by atoms with Gasteiger partial charge in [0.25, 0.3) is 0 Å². The molecule has 1 heterocycles. The van der Waals surface area contributed by atoms with Crippen molar-refractivity contribution in [1.82, 2.24) is 5.16 Å². The standard InChI is InChI=1S/C29H24Cl3NO3/c30-23-7-4-8-24(31)26(23)27-21(28(36-33-27)18-9-10-18)16-35-20-11-12-22(25(32)13-20)29(34)14-19(15-29)17-5-2-1-3-6-17/h1-8,11-13,18-19,34H,9-10,14-16H2. The normalized spacial score (nSPS) is 21.3. The number of hydrogen-bond acceptors (Lipinski definition) is 4. The van der Waals surface area contributed by atoms with Gasteiger partial charge in [0, 0.05) is 17.0 Å². The molecule has 184 valence electrons. The third-order valence-electron chi connectivity index (χ3n) is 7.23. The van der Waals surface area contributed by atoms with Crippen LogP contribution in [-0.4, -0.2) is 10.3 Å². The minimum atomic E-state index is -0.933. The molecule has 0 saturated heterocycles. The van der Waals surface area contributed by atoms with E-state index >= 15 is 0 Å². The van der Waals surface area contributed by atoms with Crippen LogP contribution in [0.15, 0.2) is 71.3 Å². The van der Waals surface area contributed by atoms with Gasteiger partial charge in [0.2, 0.25) is 0 Å². The van der Waals surface area contributed by atoms with Crippen LogP contribution in [0.5, 0.6) is 5.75 Å². The molecule has 1 aromatic heterocycles. The number of halogens is 3. The second-order valence-electron chi connectivity index (χ2n) is 9.72. The van der Waals surface area contributed by atoms with E-state index in [0.717, 1.165) is 29.7 Å². The highest BCUT2D eigenvalue weighted by Crippen LogP contribution is 2.52. The summed E-state index contributed by atoms with van der Waals surface area (Å²) >= 11 is 19.6. The van der Waals surface area contributed by atoms with E-state index in [4.69, 9.17) is 44.1 Å². The lowest BCUT2D eigenvalue weighted by molar-refractivity contribution is -0.0549. The van der Waals surface area contributed by atoms with Crippen molar-refractivity contribution >= 4 is 34.8 Å². The number of rotatable bonds is 7. The van der Waals surface area contributed by atoms with Crippen LogP contribution >= 0.6 is 34.8 Å². The molecule has 36 heavy (non-hydrogen) atoms. The highest BCUT2D eigenvalue weighted by atomic mass is 35.5. The van der Waals surface area contributed by atoms with Gasteiger partial charge in [-0.1, -0.05) is 82.4 Å². The predicted molar refractivity (Wildman–Crippen MR) is 142 cm³/mol. The van der Waals surface area contributed by atoms with E-state index in [2.05, 4.69) is 17.3 Å². The summed E-state index contributed by atoms with van der Waals surface area (Å²) in [6.45, 7) is 0.238. The van der Waals surface area contributed by atoms with Gasteiger partial charge in [0.1, 0.15) is 23.8 Å². The zero-order chi connectivity index (χ0) is 24.9. The van der Waals surface area contributed by atoms with E-state index in [-0.39, 0.29) is 6.61 Å². The Hall–Kier alpha value is -2.50. The van der Waals surface area contributed by atoms with Crippen LogP contribution < -0.4 is 4.74 Å². The van der Waals surface area contributed by atoms with Gasteiger partial charge < -0.3 is 14.4 Å². The molecule has 0 bridgehead atoms. The lowest BCUT2D eigenvalue weighted by Crippen LogP contribution is -2.40. The van der Waals surface area contributed by atoms with E-state index < -0.39 is 5.60 Å². The first-order chi connectivity index (χ1) is 17.4. The Morgan fingerprint density at radius 3 is 2.28 bits per heavy atom. The second-order valence-corrected chi connectivity index (χ2v) is 10.9. The summed E-state index contributed by atoms with van der Waals surface area (Å²) in [6, 6.07) is 21.1. The summed E-state index contributed by atoms with van der Waals surface area (Å²) < 4.78 is 11.9. The van der Waals surface area contributed by atoms with E-state index in [9.17, 15) is 5.11 Å². The molecule has 0 unspecified atom stereocenters. The minimum absolute atomic E-state index is 0.238. The van der Waals surface area contributed by atoms with Crippen molar-refractivity contribution < 1.29 is 14.4 Å². The molecular weight excluding hydrogens is 517 g/mol. The molecule has 0 amide bonds. The van der Waals surface area contributed by atoms with Gasteiger partial charge in [-0.05, 0) is 61.4 Å². The molecule has 0 atom stereocenters. The average Bonchev–Trinajstić information content (AvgIpc) is 3.61. The quantitative estimate of drug-likeness (QED) is 0.255. The molecule has 0 aliphatic heterocycles. The molecule has 0 spiro atoms. The SMILES string of the molecule is OC1(c2ccc(OCc3c(-c4c(Cl)cccc4Cl)noc3C3CC3)cc2Cl)CC(c2ccccc2)C1. The zero-order valence-corrected chi connectivity index (χ0v) is 21.7. The Morgan fingerprint density at radius 1 is 0.889 bits per heavy atom. The summed E-state index contributed by atoms with van der Waals surface area (Å²) in [6.07, 6.45) is 3.40. The fourth-order valence-corrected chi connectivity index (χ4v) is 6.03. The van der Waals surface area contributed by atoms with Crippen molar-refractivity contribution in [3.05, 3.63) is 104 Å². The summed E-state index contributed by atoms with van der Waals surface area (Å²) in [5.41, 5.74) is 3.13. The topological polar surface area (TPSA) is 55.5 Å². The van der Waals surface area contributed by atoms with Gasteiger partial charge in [0.15, 0.2) is 0 Å². The van der Waals surface area contributed by atoms with Gasteiger partial charge in [-0.25, -0.2) is 0 Å². The highest BCUT2D eigenvalue weighted by Gasteiger charge is 2.45. The Labute approximate surface area is 224 Å². The molecule has 2 fully saturated rings. The van der Waals surface area contributed by atoms with Gasteiger partial charge in [-0.3, -0.25) is 0 Å². The van der Waals surface area contributed by atoms with E-state index in [1.54, 1.807) is 24.3 Å². The number of ether oxygens (including phenoxy) is 1. The Bertz CT molecular complexity index is 1390. The number of aromatic nitrogens is 1. The Morgan fingerprint density at radius 2 is 1.61 bits per heavy atom. The fourth-order valence-electron chi connectivity index (χ4n) is 5.10. The van der Waals surface area contributed by atoms with Crippen LogP contribution in [0.2, 0.25) is 15.1 Å². The molecular formula is C29H24Cl3NO3. The smallest absolute Gasteiger partial charge is 0.147 e. The van der Waals surface area contributed by atoms with Gasteiger partial charge >= 0.3 is 0 Å². The molecule has 2 saturated carbocycles. The molecule has 4 aromatic rings. The third kappa shape index (κ3) is 4.41. The fraction of sp³-hybridized carbons (Fsp3) is 0.276. The molecule has 4 nitrogen and oxygen atoms in total. The van der Waals surface area contributed by atoms with Gasteiger partial charge in [-0.15, -0.1) is 0 Å². The van der Waals surface area contributed by atoms with Crippen LogP contribution in [0, 0.1) is 0 Å². The van der Waals surface area contributed by atoms with Crippen molar-refractivity contribution in [2.75, 3.05) is 0 Å². The minimum Gasteiger partial charge on any atom is -0.489 e. The van der Waals surface area contributed by atoms with E-state index in [1.807, 2.05) is 30.3 Å². The molecule has 3 aromatic carbocycles. The zero-order valence-electron chi connectivity index (χ0n) is 19.4. The van der Waals surface area contributed by atoms with Crippen molar-refractivity contribution in [3.8, 4) is 17.0 Å². The van der Waals surface area contributed by atoms with Crippen LogP contribution in [0.3, 0.4) is 0 Å². The maximum atomic E-state index is 11.2. The predicted octanol–water partition coefficient (Wildman–Crippen LogP) is 8.52. The molecule has 2 aliphatic carbocycles. The average molecular weight is 541 g/mol. The van der Waals surface area contributed by atoms with Crippen LogP contribution in [-0.2, 0) is 12.2 Å². The first kappa shape index (κ1) is 23.9. The van der Waals surface area contributed by atoms with Crippen molar-refractivity contribution in [1.29, 1.82) is 0 Å². The summed E-state index contributed by atoms with van der Waals surface area (Å²) in [5.74, 6) is 2.08. The monoisotopic (exact) mass is 539 g/mol. The summed E-state index contributed by atoms with van der Waals surface area (Å²) in [5, 5.41) is 17.0.